The first kappa shape index (κ1) is 16.6. The number of ketones is 2. The molecule has 1 aromatic heterocycles. The molecule has 0 saturated carbocycles. The van der Waals surface area contributed by atoms with Crippen molar-refractivity contribution in [1.82, 2.24) is 0 Å². The standard InChI is InChI=1S/C20H16O2S2/c1-13(21)17(15-9-5-3-6-10-15)19-23-20(24-19)18(14(2)22)16-11-7-4-8-12-16/h3-12H,1-2H3. The Balaban J connectivity index is 2.21. The molecule has 0 unspecified atom stereocenters. The van der Waals surface area contributed by atoms with Crippen LogP contribution in [0.5, 0.6) is 0 Å². The Hall–Kier alpha value is -2.30. The summed E-state index contributed by atoms with van der Waals surface area (Å²) in [6.07, 6.45) is 0. The SMILES string of the molecule is CC(=O)C(c1ccccc1)=c1sc(=C(C(C)=O)c2ccccc2)s1. The molecular formula is C20H16O2S2. The fraction of sp³-hybridized carbons (Fsp3) is 0.100. The maximum atomic E-state index is 12.1. The molecule has 2 aromatic carbocycles. The molecule has 0 saturated heterocycles. The molecule has 0 fully saturated rings. The van der Waals surface area contributed by atoms with Gasteiger partial charge in [-0.3, -0.25) is 9.59 Å². The fourth-order valence-corrected chi connectivity index (χ4v) is 5.08. The van der Waals surface area contributed by atoms with E-state index in [-0.39, 0.29) is 11.6 Å². The Morgan fingerprint density at radius 2 is 0.958 bits per heavy atom. The topological polar surface area (TPSA) is 34.1 Å². The Morgan fingerprint density at radius 3 is 1.25 bits per heavy atom. The summed E-state index contributed by atoms with van der Waals surface area (Å²) in [6, 6.07) is 19.3. The van der Waals surface area contributed by atoms with Crippen LogP contribution >= 0.6 is 22.7 Å². The normalized spacial score (nSPS) is 10.4. The number of carbonyl (C=O) groups excluding carboxylic acids is 2. The highest BCUT2D eigenvalue weighted by Gasteiger charge is 2.15. The van der Waals surface area contributed by atoms with E-state index in [1.54, 1.807) is 13.8 Å². The van der Waals surface area contributed by atoms with Gasteiger partial charge in [-0.1, -0.05) is 60.7 Å². The smallest absolute Gasteiger partial charge is 0.162 e. The van der Waals surface area contributed by atoms with Gasteiger partial charge >= 0.3 is 0 Å². The van der Waals surface area contributed by atoms with E-state index in [0.29, 0.717) is 0 Å². The van der Waals surface area contributed by atoms with E-state index in [1.165, 1.54) is 22.7 Å². The summed E-state index contributed by atoms with van der Waals surface area (Å²) in [5.74, 6) is 0.0821. The second-order valence-electron chi connectivity index (χ2n) is 5.37. The summed E-state index contributed by atoms with van der Waals surface area (Å²) in [6.45, 7) is 3.17. The Kier molecular flexibility index (Phi) is 4.88. The van der Waals surface area contributed by atoms with Crippen LogP contribution in [-0.4, -0.2) is 11.6 Å². The largest absolute Gasteiger partial charge is 0.294 e. The van der Waals surface area contributed by atoms with Crippen molar-refractivity contribution in [1.29, 1.82) is 0 Å². The minimum Gasteiger partial charge on any atom is -0.294 e. The Bertz CT molecular complexity index is 895. The highest BCUT2D eigenvalue weighted by molar-refractivity contribution is 7.36. The number of Topliss-reactive ketones (excluding diaryl/α,β-unsaturated/α-hetero) is 2. The lowest BCUT2D eigenvalue weighted by molar-refractivity contribution is -0.112. The van der Waals surface area contributed by atoms with Crippen molar-refractivity contribution in [2.45, 2.75) is 13.8 Å². The van der Waals surface area contributed by atoms with Gasteiger partial charge in [-0.2, -0.15) is 0 Å². The first-order valence-electron chi connectivity index (χ1n) is 7.55. The van der Waals surface area contributed by atoms with Crippen LogP contribution in [-0.2, 0) is 9.59 Å². The Morgan fingerprint density at radius 1 is 0.625 bits per heavy atom. The lowest BCUT2D eigenvalue weighted by atomic mass is 10.0. The second-order valence-corrected chi connectivity index (χ2v) is 7.93. The number of carbonyl (C=O) groups is 2. The van der Waals surface area contributed by atoms with Crippen LogP contribution in [0, 0.1) is 0 Å². The summed E-state index contributed by atoms with van der Waals surface area (Å²) < 4.78 is 1.91. The van der Waals surface area contributed by atoms with Crippen molar-refractivity contribution < 1.29 is 9.59 Å². The molecule has 1 heterocycles. The van der Waals surface area contributed by atoms with Gasteiger partial charge in [0.15, 0.2) is 11.6 Å². The van der Waals surface area contributed by atoms with Crippen LogP contribution in [0.3, 0.4) is 0 Å². The van der Waals surface area contributed by atoms with Crippen LogP contribution in [0.1, 0.15) is 25.0 Å². The highest BCUT2D eigenvalue weighted by Crippen LogP contribution is 2.17. The molecule has 0 spiro atoms. The van der Waals surface area contributed by atoms with E-state index >= 15 is 0 Å². The molecule has 0 aliphatic carbocycles. The van der Waals surface area contributed by atoms with Gasteiger partial charge in [0.25, 0.3) is 0 Å². The van der Waals surface area contributed by atoms with Crippen LogP contribution in [0.25, 0.3) is 11.1 Å². The quantitative estimate of drug-likeness (QED) is 0.721. The summed E-state index contributed by atoms with van der Waals surface area (Å²) >= 11 is 3.03. The molecule has 24 heavy (non-hydrogen) atoms. The van der Waals surface area contributed by atoms with E-state index < -0.39 is 0 Å². The van der Waals surface area contributed by atoms with Crippen LogP contribution in [0.4, 0.5) is 0 Å². The van der Waals surface area contributed by atoms with Gasteiger partial charge < -0.3 is 0 Å². The van der Waals surface area contributed by atoms with E-state index in [4.69, 9.17) is 0 Å². The zero-order valence-electron chi connectivity index (χ0n) is 13.4. The van der Waals surface area contributed by atoms with Crippen molar-refractivity contribution in [2.24, 2.45) is 0 Å². The lowest BCUT2D eigenvalue weighted by Gasteiger charge is -2.08. The van der Waals surface area contributed by atoms with Gasteiger partial charge in [0.1, 0.15) is 0 Å². The minimum absolute atomic E-state index is 0.0411. The van der Waals surface area contributed by atoms with Crippen LogP contribution < -0.4 is 7.69 Å². The molecule has 3 rings (SSSR count). The molecule has 3 aromatic rings. The number of benzene rings is 2. The molecule has 2 nitrogen and oxygen atoms in total. The first-order valence-corrected chi connectivity index (χ1v) is 9.18. The first-order chi connectivity index (χ1) is 11.6. The van der Waals surface area contributed by atoms with Crippen molar-refractivity contribution in [3.63, 3.8) is 0 Å². The summed E-state index contributed by atoms with van der Waals surface area (Å²) in [7, 11) is 0. The third kappa shape index (κ3) is 3.30. The van der Waals surface area contributed by atoms with Crippen molar-refractivity contribution in [3.8, 4) is 0 Å². The van der Waals surface area contributed by atoms with Crippen LogP contribution in [0.15, 0.2) is 60.7 Å². The number of hydrogen-bond acceptors (Lipinski definition) is 4. The van der Waals surface area contributed by atoms with Gasteiger partial charge in [0.05, 0.1) is 18.8 Å². The molecule has 4 heteroatoms. The van der Waals surface area contributed by atoms with Gasteiger partial charge in [-0.25, -0.2) is 0 Å². The van der Waals surface area contributed by atoms with Gasteiger partial charge in [0, 0.05) is 0 Å². The van der Waals surface area contributed by atoms with E-state index in [1.807, 2.05) is 60.7 Å². The van der Waals surface area contributed by atoms with Gasteiger partial charge in [-0.15, -0.1) is 22.7 Å². The molecule has 0 radical (unpaired) electrons. The monoisotopic (exact) mass is 352 g/mol. The van der Waals surface area contributed by atoms with Crippen molar-refractivity contribution >= 4 is 45.4 Å². The lowest BCUT2D eigenvalue weighted by Crippen LogP contribution is -2.21. The molecule has 0 amide bonds. The Labute approximate surface area is 148 Å². The molecule has 0 N–H and O–H groups in total. The van der Waals surface area contributed by atoms with E-state index in [9.17, 15) is 9.59 Å². The zero-order chi connectivity index (χ0) is 17.1. The average molecular weight is 352 g/mol. The van der Waals surface area contributed by atoms with Gasteiger partial charge in [0.2, 0.25) is 0 Å². The number of rotatable bonds is 4. The van der Waals surface area contributed by atoms with Crippen molar-refractivity contribution in [2.75, 3.05) is 0 Å². The second kappa shape index (κ2) is 7.07. The van der Waals surface area contributed by atoms with Crippen molar-refractivity contribution in [3.05, 3.63) is 79.5 Å². The predicted octanol–water partition coefficient (Wildman–Crippen LogP) is 3.39. The van der Waals surface area contributed by atoms with Gasteiger partial charge in [-0.05, 0) is 25.0 Å². The fourth-order valence-electron chi connectivity index (χ4n) is 2.52. The summed E-state index contributed by atoms with van der Waals surface area (Å²) in [5.41, 5.74) is 3.29. The minimum atomic E-state index is 0.0411. The maximum Gasteiger partial charge on any atom is 0.162 e. The average Bonchev–Trinajstić information content (AvgIpc) is 2.54. The molecule has 0 aliphatic rings. The van der Waals surface area contributed by atoms with Crippen LogP contribution in [0.2, 0.25) is 0 Å². The summed E-state index contributed by atoms with van der Waals surface area (Å²) in [5, 5.41) is 0. The maximum absolute atomic E-state index is 12.1. The van der Waals surface area contributed by atoms with E-state index in [0.717, 1.165) is 30.0 Å². The molecule has 120 valence electrons. The third-order valence-electron chi connectivity index (χ3n) is 3.61. The zero-order valence-corrected chi connectivity index (χ0v) is 15.0. The molecule has 0 bridgehead atoms. The summed E-state index contributed by atoms with van der Waals surface area (Å²) in [4.78, 5) is 24.2. The third-order valence-corrected chi connectivity index (χ3v) is 6.17. The van der Waals surface area contributed by atoms with E-state index in [2.05, 4.69) is 0 Å². The predicted molar refractivity (Wildman–Crippen MR) is 101 cm³/mol. The highest BCUT2D eigenvalue weighted by atomic mass is 32.2. The molecule has 0 atom stereocenters. The molecule has 0 aliphatic heterocycles. The number of hydrogen-bond donors (Lipinski definition) is 0. The molecular weight excluding hydrogens is 336 g/mol.